The van der Waals surface area contributed by atoms with Gasteiger partial charge in [0.25, 0.3) is 5.91 Å². The fraction of sp³-hybridized carbons (Fsp3) is 0.100. The molecular formula is C20H18N2O3. The van der Waals surface area contributed by atoms with Crippen LogP contribution in [0, 0.1) is 0 Å². The zero-order valence-corrected chi connectivity index (χ0v) is 13.8. The summed E-state index contributed by atoms with van der Waals surface area (Å²) < 4.78 is 5.50. The van der Waals surface area contributed by atoms with E-state index in [-0.39, 0.29) is 11.3 Å². The molecule has 0 atom stereocenters. The lowest BCUT2D eigenvalue weighted by molar-refractivity contribution is 0.0952. The van der Waals surface area contributed by atoms with Crippen molar-refractivity contribution >= 4 is 22.9 Å². The van der Waals surface area contributed by atoms with Crippen molar-refractivity contribution in [2.24, 2.45) is 5.10 Å². The molecule has 0 radical (unpaired) electrons. The normalized spacial score (nSPS) is 10.9. The Bertz CT molecular complexity index is 935. The maximum absolute atomic E-state index is 12.3. The number of ether oxygens (including phenoxy) is 1. The molecule has 0 bridgehead atoms. The average molecular weight is 334 g/mol. The number of phenolic OH excluding ortho intramolecular Hbond substituents is 1. The van der Waals surface area contributed by atoms with Gasteiger partial charge in [-0.1, -0.05) is 36.4 Å². The van der Waals surface area contributed by atoms with E-state index >= 15 is 0 Å². The molecule has 25 heavy (non-hydrogen) atoms. The lowest BCUT2D eigenvalue weighted by atomic mass is 10.1. The number of hydrogen-bond donors (Lipinski definition) is 2. The lowest BCUT2D eigenvalue weighted by Gasteiger charge is -2.07. The molecule has 3 rings (SSSR count). The van der Waals surface area contributed by atoms with Gasteiger partial charge in [0.2, 0.25) is 0 Å². The highest BCUT2D eigenvalue weighted by atomic mass is 16.5. The number of phenols is 1. The largest absolute Gasteiger partial charge is 0.507 e. The molecule has 126 valence electrons. The number of benzene rings is 3. The topological polar surface area (TPSA) is 70.9 Å². The zero-order chi connectivity index (χ0) is 17.6. The third-order valence-corrected chi connectivity index (χ3v) is 3.70. The number of aromatic hydroxyl groups is 1. The highest BCUT2D eigenvalue weighted by Crippen LogP contribution is 2.24. The summed E-state index contributed by atoms with van der Waals surface area (Å²) in [5.74, 6) is 0.131. The Morgan fingerprint density at radius 2 is 1.80 bits per heavy atom. The van der Waals surface area contributed by atoms with Gasteiger partial charge < -0.3 is 9.84 Å². The molecule has 0 saturated heterocycles. The summed E-state index contributed by atoms with van der Waals surface area (Å²) in [4.78, 5) is 12.3. The van der Waals surface area contributed by atoms with Crippen molar-refractivity contribution in [2.75, 3.05) is 6.61 Å². The third-order valence-electron chi connectivity index (χ3n) is 3.70. The minimum atomic E-state index is -0.478. The maximum atomic E-state index is 12.3. The van der Waals surface area contributed by atoms with Gasteiger partial charge in [0.05, 0.1) is 18.4 Å². The molecule has 5 nitrogen and oxygen atoms in total. The molecule has 0 aromatic heterocycles. The van der Waals surface area contributed by atoms with Crippen LogP contribution in [0.3, 0.4) is 0 Å². The first-order chi connectivity index (χ1) is 12.2. The molecule has 0 unspecified atom stereocenters. The number of fused-ring (bicyclic) bond motifs is 1. The smallest absolute Gasteiger partial charge is 0.275 e. The van der Waals surface area contributed by atoms with E-state index in [1.54, 1.807) is 12.1 Å². The fourth-order valence-electron chi connectivity index (χ4n) is 2.50. The first-order valence-electron chi connectivity index (χ1n) is 7.96. The molecule has 0 fully saturated rings. The van der Waals surface area contributed by atoms with E-state index in [0.717, 1.165) is 16.3 Å². The van der Waals surface area contributed by atoms with E-state index in [2.05, 4.69) is 10.5 Å². The number of rotatable bonds is 5. The Morgan fingerprint density at radius 3 is 2.56 bits per heavy atom. The lowest BCUT2D eigenvalue weighted by Crippen LogP contribution is -2.17. The van der Waals surface area contributed by atoms with Gasteiger partial charge in [0.15, 0.2) is 0 Å². The molecule has 0 saturated carbocycles. The van der Waals surface area contributed by atoms with Crippen molar-refractivity contribution in [2.45, 2.75) is 6.92 Å². The zero-order valence-electron chi connectivity index (χ0n) is 13.8. The summed E-state index contributed by atoms with van der Waals surface area (Å²) >= 11 is 0. The van der Waals surface area contributed by atoms with Gasteiger partial charge >= 0.3 is 0 Å². The minimum absolute atomic E-state index is 0.0823. The van der Waals surface area contributed by atoms with Crippen LogP contribution in [-0.4, -0.2) is 23.8 Å². The molecule has 0 aliphatic carbocycles. The number of carbonyl (C=O) groups excluding carboxylic acids is 1. The molecule has 0 heterocycles. The summed E-state index contributed by atoms with van der Waals surface area (Å²) in [6.45, 7) is 2.44. The monoisotopic (exact) mass is 334 g/mol. The number of carbonyl (C=O) groups is 1. The summed E-state index contributed by atoms with van der Waals surface area (Å²) in [6, 6.07) is 18.1. The van der Waals surface area contributed by atoms with Crippen LogP contribution in [0.25, 0.3) is 10.8 Å². The number of nitrogens with zero attached hydrogens (tertiary/aromatic N) is 1. The Labute approximate surface area is 145 Å². The van der Waals surface area contributed by atoms with Crippen molar-refractivity contribution in [3.8, 4) is 11.5 Å². The second-order valence-electron chi connectivity index (χ2n) is 5.39. The van der Waals surface area contributed by atoms with E-state index in [0.29, 0.717) is 12.4 Å². The first kappa shape index (κ1) is 16.5. The predicted molar refractivity (Wildman–Crippen MR) is 98.3 cm³/mol. The summed E-state index contributed by atoms with van der Waals surface area (Å²) in [6.07, 6.45) is 1.51. The van der Waals surface area contributed by atoms with E-state index in [1.807, 2.05) is 55.5 Å². The van der Waals surface area contributed by atoms with E-state index < -0.39 is 5.91 Å². The van der Waals surface area contributed by atoms with Crippen LogP contribution >= 0.6 is 0 Å². The van der Waals surface area contributed by atoms with Crippen LogP contribution < -0.4 is 10.2 Å². The SMILES string of the molecule is CCOc1ccccc1C=NNC(=O)c1cc2ccccc2cc1O. The van der Waals surface area contributed by atoms with Crippen LogP contribution in [0.4, 0.5) is 0 Å². The van der Waals surface area contributed by atoms with Crippen molar-refractivity contribution in [3.63, 3.8) is 0 Å². The van der Waals surface area contributed by atoms with Crippen molar-refractivity contribution in [3.05, 3.63) is 71.8 Å². The van der Waals surface area contributed by atoms with Gasteiger partial charge in [-0.05, 0) is 42.0 Å². The van der Waals surface area contributed by atoms with Gasteiger partial charge in [0, 0.05) is 5.56 Å². The van der Waals surface area contributed by atoms with Gasteiger partial charge in [-0.25, -0.2) is 5.43 Å². The van der Waals surface area contributed by atoms with Crippen LogP contribution in [0.15, 0.2) is 65.8 Å². The molecule has 3 aromatic carbocycles. The first-order valence-corrected chi connectivity index (χ1v) is 7.96. The number of para-hydroxylation sites is 1. The predicted octanol–water partition coefficient (Wildman–Crippen LogP) is 3.71. The molecule has 5 heteroatoms. The van der Waals surface area contributed by atoms with E-state index in [4.69, 9.17) is 4.74 Å². The maximum Gasteiger partial charge on any atom is 0.275 e. The third kappa shape index (κ3) is 3.77. The number of nitrogens with one attached hydrogen (secondary N) is 1. The van der Waals surface area contributed by atoms with Gasteiger partial charge in [-0.3, -0.25) is 4.79 Å². The molecular weight excluding hydrogens is 316 g/mol. The highest BCUT2D eigenvalue weighted by Gasteiger charge is 2.11. The molecule has 0 aliphatic heterocycles. The summed E-state index contributed by atoms with van der Waals surface area (Å²) in [5, 5.41) is 15.8. The average Bonchev–Trinajstić information content (AvgIpc) is 2.62. The van der Waals surface area contributed by atoms with Crippen LogP contribution in [0.2, 0.25) is 0 Å². The quantitative estimate of drug-likeness (QED) is 0.552. The van der Waals surface area contributed by atoms with Crippen LogP contribution in [-0.2, 0) is 0 Å². The number of hydrogen-bond acceptors (Lipinski definition) is 4. The second kappa shape index (κ2) is 7.49. The van der Waals surface area contributed by atoms with Crippen molar-refractivity contribution in [1.29, 1.82) is 0 Å². The van der Waals surface area contributed by atoms with Gasteiger partial charge in [0.1, 0.15) is 11.5 Å². The van der Waals surface area contributed by atoms with Gasteiger partial charge in [-0.15, -0.1) is 0 Å². The number of hydrazone groups is 1. The fourth-order valence-corrected chi connectivity index (χ4v) is 2.50. The second-order valence-corrected chi connectivity index (χ2v) is 5.39. The Hall–Kier alpha value is -3.34. The molecule has 2 N–H and O–H groups in total. The molecule has 0 spiro atoms. The molecule has 1 amide bonds. The molecule has 0 aliphatic rings. The van der Waals surface area contributed by atoms with E-state index in [9.17, 15) is 9.90 Å². The standard InChI is InChI=1S/C20H18N2O3/c1-2-25-19-10-6-5-9-16(19)13-21-22-20(24)17-11-14-7-3-4-8-15(14)12-18(17)23/h3-13,23H,2H2,1H3,(H,22,24). The number of amides is 1. The highest BCUT2D eigenvalue weighted by molar-refractivity contribution is 6.01. The van der Waals surface area contributed by atoms with Crippen LogP contribution in [0.1, 0.15) is 22.8 Å². The minimum Gasteiger partial charge on any atom is -0.507 e. The summed E-state index contributed by atoms with van der Waals surface area (Å²) in [7, 11) is 0. The van der Waals surface area contributed by atoms with E-state index in [1.165, 1.54) is 6.21 Å². The molecule has 3 aromatic rings. The van der Waals surface area contributed by atoms with Crippen molar-refractivity contribution in [1.82, 2.24) is 5.43 Å². The van der Waals surface area contributed by atoms with Crippen molar-refractivity contribution < 1.29 is 14.6 Å². The Balaban J connectivity index is 1.78. The van der Waals surface area contributed by atoms with Gasteiger partial charge in [-0.2, -0.15) is 5.10 Å². The Morgan fingerprint density at radius 1 is 1.12 bits per heavy atom. The Kier molecular flexibility index (Phi) is 4.95. The summed E-state index contributed by atoms with van der Waals surface area (Å²) in [5.41, 5.74) is 3.37. The van der Waals surface area contributed by atoms with Crippen LogP contribution in [0.5, 0.6) is 11.5 Å².